The number of hydrogen-bond acceptors (Lipinski definition) is 0. The van der Waals surface area contributed by atoms with E-state index in [2.05, 4.69) is 6.07 Å². The average Bonchev–Trinajstić information content (AvgIpc) is 2.61. The van der Waals surface area contributed by atoms with Crippen molar-refractivity contribution < 1.29 is 30.7 Å². The second kappa shape index (κ2) is 7.21. The lowest BCUT2D eigenvalue weighted by Gasteiger charge is -2.18. The first kappa shape index (κ1) is 20.9. The third-order valence-electron chi connectivity index (χ3n) is 4.59. The minimum atomic E-state index is -4.94. The van der Waals surface area contributed by atoms with Crippen molar-refractivity contribution in [3.05, 3.63) is 82.7 Å². The fourth-order valence-electron chi connectivity index (χ4n) is 3.24. The quantitative estimate of drug-likeness (QED) is 0.381. The molecule has 0 unspecified atom stereocenters. The minimum absolute atomic E-state index is 0.0912. The van der Waals surface area contributed by atoms with Gasteiger partial charge in [-0.3, -0.25) is 0 Å². The molecule has 3 aromatic carbocycles. The Hall–Kier alpha value is -2.83. The third kappa shape index (κ3) is 4.28. The molecule has 0 aromatic heterocycles. The Morgan fingerprint density at radius 3 is 1.72 bits per heavy atom. The van der Waals surface area contributed by atoms with Crippen LogP contribution in [0.1, 0.15) is 22.3 Å². The summed E-state index contributed by atoms with van der Waals surface area (Å²) in [4.78, 5) is 0. The highest BCUT2D eigenvalue weighted by molar-refractivity contribution is 5.80. The van der Waals surface area contributed by atoms with Crippen LogP contribution in [0.5, 0.6) is 0 Å². The molecule has 0 fully saturated rings. The maximum absolute atomic E-state index is 13.2. The molecule has 29 heavy (non-hydrogen) atoms. The molecular formula is C22H14F7. The molecule has 3 aromatic rings. The van der Waals surface area contributed by atoms with E-state index in [4.69, 9.17) is 0 Å². The van der Waals surface area contributed by atoms with Crippen LogP contribution in [-0.4, -0.2) is 0 Å². The normalized spacial score (nSPS) is 12.3. The summed E-state index contributed by atoms with van der Waals surface area (Å²) in [7, 11) is 0. The Balaban J connectivity index is 2.26. The van der Waals surface area contributed by atoms with Gasteiger partial charge in [0.1, 0.15) is 5.82 Å². The van der Waals surface area contributed by atoms with Crippen LogP contribution in [0.25, 0.3) is 22.3 Å². The number of hydrogen-bond donors (Lipinski definition) is 0. The average molecular weight is 411 g/mol. The van der Waals surface area contributed by atoms with E-state index in [9.17, 15) is 30.7 Å². The van der Waals surface area contributed by atoms with Crippen molar-refractivity contribution in [1.29, 1.82) is 0 Å². The zero-order valence-corrected chi connectivity index (χ0v) is 15.3. The van der Waals surface area contributed by atoms with Gasteiger partial charge in [0.2, 0.25) is 0 Å². The van der Waals surface area contributed by atoms with Crippen molar-refractivity contribution in [3.63, 3.8) is 0 Å². The van der Waals surface area contributed by atoms with Crippen LogP contribution in [0.15, 0.2) is 48.5 Å². The van der Waals surface area contributed by atoms with Crippen molar-refractivity contribution >= 4 is 0 Å². The van der Waals surface area contributed by atoms with Gasteiger partial charge in [-0.15, -0.1) is 0 Å². The van der Waals surface area contributed by atoms with Crippen molar-refractivity contribution in [2.45, 2.75) is 26.2 Å². The highest BCUT2D eigenvalue weighted by Crippen LogP contribution is 2.41. The van der Waals surface area contributed by atoms with Gasteiger partial charge in [-0.1, -0.05) is 18.2 Å². The van der Waals surface area contributed by atoms with Gasteiger partial charge in [0, 0.05) is 0 Å². The summed E-state index contributed by atoms with van der Waals surface area (Å²) < 4.78 is 92.4. The van der Waals surface area contributed by atoms with Crippen molar-refractivity contribution in [3.8, 4) is 22.3 Å². The summed E-state index contributed by atoms with van der Waals surface area (Å²) in [6, 6.07) is 11.2. The standard InChI is InChI=1S/C22H14F7/c1-12-3-8-19(13(2)20(12)14-4-6-18(23)7-5-14)15-9-16(21(24,25)26)11-17(10-15)22(27,28)29/h3-7,9-11H,1-2H3. The van der Waals surface area contributed by atoms with E-state index in [1.165, 1.54) is 30.3 Å². The van der Waals surface area contributed by atoms with Crippen LogP contribution in [0.4, 0.5) is 30.7 Å². The lowest BCUT2D eigenvalue weighted by Crippen LogP contribution is -2.11. The molecule has 0 atom stereocenters. The summed E-state index contributed by atoms with van der Waals surface area (Å²) in [5, 5.41) is 0. The molecule has 0 aliphatic carbocycles. The first-order valence-corrected chi connectivity index (χ1v) is 8.45. The Kier molecular flexibility index (Phi) is 5.19. The lowest BCUT2D eigenvalue weighted by molar-refractivity contribution is -0.143. The minimum Gasteiger partial charge on any atom is -0.207 e. The van der Waals surface area contributed by atoms with Crippen LogP contribution in [0.2, 0.25) is 0 Å². The Bertz CT molecular complexity index is 1010. The largest absolute Gasteiger partial charge is 0.416 e. The molecule has 0 aliphatic rings. The molecule has 0 spiro atoms. The van der Waals surface area contributed by atoms with Crippen LogP contribution >= 0.6 is 0 Å². The van der Waals surface area contributed by atoms with E-state index in [-0.39, 0.29) is 17.2 Å². The second-order valence-electron chi connectivity index (χ2n) is 6.65. The van der Waals surface area contributed by atoms with Gasteiger partial charge in [0.05, 0.1) is 11.1 Å². The highest BCUT2D eigenvalue weighted by Gasteiger charge is 2.37. The summed E-state index contributed by atoms with van der Waals surface area (Å²) >= 11 is 0. The fourth-order valence-corrected chi connectivity index (χ4v) is 3.24. The Labute approximate surface area is 162 Å². The van der Waals surface area contributed by atoms with Crippen LogP contribution in [-0.2, 0) is 12.4 Å². The van der Waals surface area contributed by atoms with E-state index < -0.39 is 29.3 Å². The summed E-state index contributed by atoms with van der Waals surface area (Å²) in [5.41, 5.74) is -0.549. The van der Waals surface area contributed by atoms with E-state index in [1.807, 2.05) is 0 Å². The maximum atomic E-state index is 13.2. The molecule has 3 rings (SSSR count). The van der Waals surface area contributed by atoms with E-state index in [0.717, 1.165) is 0 Å². The first-order chi connectivity index (χ1) is 13.4. The second-order valence-corrected chi connectivity index (χ2v) is 6.65. The zero-order valence-electron chi connectivity index (χ0n) is 15.3. The fraction of sp³-hybridized carbons (Fsp3) is 0.182. The summed E-state index contributed by atoms with van der Waals surface area (Å²) in [6.45, 7) is 3.32. The summed E-state index contributed by atoms with van der Waals surface area (Å²) in [6.07, 6.45) is -9.87. The number of alkyl halides is 6. The zero-order chi connectivity index (χ0) is 21.6. The molecular weight excluding hydrogens is 397 g/mol. The number of benzene rings is 3. The monoisotopic (exact) mass is 411 g/mol. The number of aryl methyl sites for hydroxylation is 1. The highest BCUT2D eigenvalue weighted by atomic mass is 19.4. The molecule has 0 saturated carbocycles. The van der Waals surface area contributed by atoms with Crippen molar-refractivity contribution in [2.24, 2.45) is 0 Å². The van der Waals surface area contributed by atoms with Crippen molar-refractivity contribution in [1.82, 2.24) is 0 Å². The maximum Gasteiger partial charge on any atom is 0.416 e. The summed E-state index contributed by atoms with van der Waals surface area (Å²) in [5.74, 6) is -0.459. The van der Waals surface area contributed by atoms with Gasteiger partial charge in [-0.25, -0.2) is 4.39 Å². The molecule has 0 heterocycles. The van der Waals surface area contributed by atoms with Gasteiger partial charge in [0.25, 0.3) is 0 Å². The molecule has 0 nitrogen and oxygen atoms in total. The topological polar surface area (TPSA) is 0 Å². The van der Waals surface area contributed by atoms with E-state index in [1.54, 1.807) is 13.8 Å². The Morgan fingerprint density at radius 1 is 0.724 bits per heavy atom. The molecule has 1 radical (unpaired) electrons. The Morgan fingerprint density at radius 2 is 1.24 bits per heavy atom. The van der Waals surface area contributed by atoms with Gasteiger partial charge in [-0.2, -0.15) is 26.3 Å². The van der Waals surface area contributed by atoms with E-state index in [0.29, 0.717) is 34.4 Å². The molecule has 7 heteroatoms. The first-order valence-electron chi connectivity index (χ1n) is 8.45. The van der Waals surface area contributed by atoms with E-state index >= 15 is 0 Å². The third-order valence-corrected chi connectivity index (χ3v) is 4.59. The SMILES string of the molecule is Cc1c[c]c(-c2cc(C(F)(F)F)cc(C(F)(F)F)c2)c(C)c1-c1ccc(F)cc1. The number of rotatable bonds is 2. The van der Waals surface area contributed by atoms with Crippen LogP contribution < -0.4 is 0 Å². The molecule has 0 bridgehead atoms. The van der Waals surface area contributed by atoms with Gasteiger partial charge < -0.3 is 0 Å². The van der Waals surface area contributed by atoms with Crippen LogP contribution in [0, 0.1) is 25.7 Å². The van der Waals surface area contributed by atoms with Gasteiger partial charge >= 0.3 is 12.4 Å². The molecule has 151 valence electrons. The predicted molar refractivity (Wildman–Crippen MR) is 95.6 cm³/mol. The van der Waals surface area contributed by atoms with Gasteiger partial charge in [-0.05, 0) is 83.6 Å². The molecule has 0 aliphatic heterocycles. The predicted octanol–water partition coefficient (Wildman–Crippen LogP) is 7.61. The smallest absolute Gasteiger partial charge is 0.207 e. The van der Waals surface area contributed by atoms with Crippen molar-refractivity contribution in [2.75, 3.05) is 0 Å². The van der Waals surface area contributed by atoms with Crippen LogP contribution in [0.3, 0.4) is 0 Å². The van der Waals surface area contributed by atoms with Gasteiger partial charge in [0.15, 0.2) is 0 Å². The number of halogens is 7. The molecule has 0 saturated heterocycles. The lowest BCUT2D eigenvalue weighted by atomic mass is 9.88. The molecule has 0 N–H and O–H groups in total. The molecule has 0 amide bonds.